The SMILES string of the molecule is CNS(=O)(=O)c1ccc2c(c1)CCN2C(=O)CC(C)C1CCCNC1.Cl. The van der Waals surface area contributed by atoms with E-state index in [0.717, 1.165) is 24.3 Å². The molecule has 1 aromatic carbocycles. The van der Waals surface area contributed by atoms with E-state index >= 15 is 0 Å². The summed E-state index contributed by atoms with van der Waals surface area (Å²) in [5.74, 6) is 1.05. The Kier molecular flexibility index (Phi) is 7.07. The molecule has 1 fully saturated rings. The van der Waals surface area contributed by atoms with Gasteiger partial charge in [0.05, 0.1) is 4.90 Å². The predicted molar refractivity (Wildman–Crippen MR) is 105 cm³/mol. The summed E-state index contributed by atoms with van der Waals surface area (Å²) in [6, 6.07) is 5.02. The molecule has 0 saturated carbocycles. The van der Waals surface area contributed by atoms with E-state index in [-0.39, 0.29) is 23.2 Å². The van der Waals surface area contributed by atoms with Gasteiger partial charge < -0.3 is 10.2 Å². The molecule has 1 saturated heterocycles. The fourth-order valence-corrected chi connectivity index (χ4v) is 4.62. The Morgan fingerprint density at radius 3 is 2.85 bits per heavy atom. The minimum Gasteiger partial charge on any atom is -0.316 e. The van der Waals surface area contributed by atoms with Crippen molar-refractivity contribution in [2.75, 3.05) is 31.6 Å². The van der Waals surface area contributed by atoms with Crippen molar-refractivity contribution in [1.82, 2.24) is 10.0 Å². The van der Waals surface area contributed by atoms with Gasteiger partial charge in [-0.1, -0.05) is 6.92 Å². The first-order valence-corrected chi connectivity index (χ1v) is 10.5. The Hall–Kier alpha value is -1.15. The number of anilines is 1. The van der Waals surface area contributed by atoms with E-state index in [1.165, 1.54) is 19.9 Å². The summed E-state index contributed by atoms with van der Waals surface area (Å²) < 4.78 is 26.2. The monoisotopic (exact) mass is 401 g/mol. The fourth-order valence-electron chi connectivity index (χ4n) is 3.84. The standard InChI is InChI=1S/C18H27N3O3S.ClH/c1-13(15-4-3-8-20-12-15)10-18(22)21-9-7-14-11-16(5-6-17(14)21)25(23,24)19-2;/h5-6,11,13,15,19-20H,3-4,7-10,12H2,1-2H3;1H. The van der Waals surface area contributed by atoms with Crippen LogP contribution in [0.1, 0.15) is 31.7 Å². The largest absolute Gasteiger partial charge is 0.316 e. The number of fused-ring (bicyclic) bond motifs is 1. The lowest BCUT2D eigenvalue weighted by atomic mass is 9.85. The molecule has 0 aliphatic carbocycles. The van der Waals surface area contributed by atoms with Crippen molar-refractivity contribution < 1.29 is 13.2 Å². The Balaban J connectivity index is 0.00000243. The van der Waals surface area contributed by atoms with Crippen LogP contribution in [0.5, 0.6) is 0 Å². The van der Waals surface area contributed by atoms with Crippen LogP contribution in [0.15, 0.2) is 23.1 Å². The average Bonchev–Trinajstić information content (AvgIpc) is 3.05. The van der Waals surface area contributed by atoms with Gasteiger partial charge in [0.2, 0.25) is 15.9 Å². The number of nitrogens with one attached hydrogen (secondary N) is 2. The van der Waals surface area contributed by atoms with Gasteiger partial charge in [0, 0.05) is 18.7 Å². The minimum absolute atomic E-state index is 0. The van der Waals surface area contributed by atoms with Gasteiger partial charge in [-0.2, -0.15) is 0 Å². The van der Waals surface area contributed by atoms with Gasteiger partial charge in [0.15, 0.2) is 0 Å². The molecule has 6 nitrogen and oxygen atoms in total. The summed E-state index contributed by atoms with van der Waals surface area (Å²) in [5.41, 5.74) is 1.78. The van der Waals surface area contributed by atoms with Crippen LogP contribution in [-0.4, -0.2) is 41.0 Å². The summed E-state index contributed by atoms with van der Waals surface area (Å²) in [6.45, 7) is 4.87. The highest BCUT2D eigenvalue weighted by Crippen LogP contribution is 2.32. The molecule has 2 N–H and O–H groups in total. The second-order valence-electron chi connectivity index (χ2n) is 7.08. The van der Waals surface area contributed by atoms with Crippen molar-refractivity contribution in [3.8, 4) is 0 Å². The molecule has 146 valence electrons. The minimum atomic E-state index is -3.45. The summed E-state index contributed by atoms with van der Waals surface area (Å²) in [4.78, 5) is 14.8. The normalized spacial score (nSPS) is 21.0. The van der Waals surface area contributed by atoms with Crippen LogP contribution in [0.3, 0.4) is 0 Å². The number of hydrogen-bond donors (Lipinski definition) is 2. The molecule has 26 heavy (non-hydrogen) atoms. The van der Waals surface area contributed by atoms with E-state index in [0.29, 0.717) is 31.2 Å². The molecule has 0 spiro atoms. The molecule has 0 aromatic heterocycles. The zero-order valence-electron chi connectivity index (χ0n) is 15.3. The van der Waals surface area contributed by atoms with Crippen molar-refractivity contribution >= 4 is 34.0 Å². The topological polar surface area (TPSA) is 78.5 Å². The maximum Gasteiger partial charge on any atom is 0.240 e. The highest BCUT2D eigenvalue weighted by Gasteiger charge is 2.29. The Labute approximate surface area is 162 Å². The fraction of sp³-hybridized carbons (Fsp3) is 0.611. The number of hydrogen-bond acceptors (Lipinski definition) is 4. The second-order valence-corrected chi connectivity index (χ2v) is 8.97. The van der Waals surface area contributed by atoms with Crippen LogP contribution in [0.2, 0.25) is 0 Å². The number of amides is 1. The van der Waals surface area contributed by atoms with Crippen molar-refractivity contribution in [3.63, 3.8) is 0 Å². The van der Waals surface area contributed by atoms with Crippen LogP contribution in [0, 0.1) is 11.8 Å². The maximum atomic E-state index is 12.8. The smallest absolute Gasteiger partial charge is 0.240 e. The molecule has 2 heterocycles. The first-order chi connectivity index (χ1) is 11.9. The van der Waals surface area contributed by atoms with E-state index in [1.807, 2.05) is 4.90 Å². The Bertz CT molecular complexity index is 748. The molecule has 3 rings (SSSR count). The number of rotatable bonds is 5. The molecule has 1 aromatic rings. The van der Waals surface area contributed by atoms with Gasteiger partial charge in [-0.15, -0.1) is 12.4 Å². The van der Waals surface area contributed by atoms with Crippen LogP contribution in [-0.2, 0) is 21.2 Å². The van der Waals surface area contributed by atoms with Crippen molar-refractivity contribution in [2.45, 2.75) is 37.5 Å². The van der Waals surface area contributed by atoms with Gasteiger partial charge in [-0.3, -0.25) is 4.79 Å². The molecule has 8 heteroatoms. The van der Waals surface area contributed by atoms with Crippen molar-refractivity contribution in [3.05, 3.63) is 23.8 Å². The Morgan fingerprint density at radius 2 is 2.19 bits per heavy atom. The summed E-state index contributed by atoms with van der Waals surface area (Å²) in [5, 5.41) is 3.41. The zero-order chi connectivity index (χ0) is 18.0. The first kappa shape index (κ1) is 21.2. The van der Waals surface area contributed by atoms with Gasteiger partial charge in [-0.05, 0) is 75.0 Å². The van der Waals surface area contributed by atoms with E-state index in [4.69, 9.17) is 0 Å². The third-order valence-corrected chi connectivity index (χ3v) is 6.87. The molecular weight excluding hydrogens is 374 g/mol. The lowest BCUT2D eigenvalue weighted by Crippen LogP contribution is -2.36. The summed E-state index contributed by atoms with van der Waals surface area (Å²) in [7, 11) is -2.05. The number of carbonyl (C=O) groups is 1. The van der Waals surface area contributed by atoms with E-state index in [9.17, 15) is 13.2 Å². The third kappa shape index (κ3) is 4.39. The van der Waals surface area contributed by atoms with Crippen LogP contribution >= 0.6 is 12.4 Å². The van der Waals surface area contributed by atoms with Crippen LogP contribution < -0.4 is 14.9 Å². The van der Waals surface area contributed by atoms with Gasteiger partial charge >= 0.3 is 0 Å². The van der Waals surface area contributed by atoms with Crippen molar-refractivity contribution in [2.24, 2.45) is 11.8 Å². The number of benzene rings is 1. The zero-order valence-corrected chi connectivity index (χ0v) is 17.0. The summed E-state index contributed by atoms with van der Waals surface area (Å²) in [6.07, 6.45) is 3.61. The van der Waals surface area contributed by atoms with Crippen LogP contribution in [0.4, 0.5) is 5.69 Å². The molecule has 2 atom stereocenters. The van der Waals surface area contributed by atoms with Gasteiger partial charge in [0.25, 0.3) is 0 Å². The number of carbonyl (C=O) groups excluding carboxylic acids is 1. The van der Waals surface area contributed by atoms with E-state index < -0.39 is 10.0 Å². The second kappa shape index (κ2) is 8.69. The third-order valence-electron chi connectivity index (χ3n) is 5.46. The number of nitrogens with zero attached hydrogens (tertiary/aromatic N) is 1. The molecule has 2 unspecified atom stereocenters. The quantitative estimate of drug-likeness (QED) is 0.790. The molecule has 0 radical (unpaired) electrons. The number of halogens is 1. The molecule has 2 aliphatic rings. The van der Waals surface area contributed by atoms with Crippen LogP contribution in [0.25, 0.3) is 0 Å². The van der Waals surface area contributed by atoms with Gasteiger partial charge in [-0.25, -0.2) is 13.1 Å². The van der Waals surface area contributed by atoms with E-state index in [1.54, 1.807) is 18.2 Å². The molecule has 0 bridgehead atoms. The highest BCUT2D eigenvalue weighted by molar-refractivity contribution is 7.89. The highest BCUT2D eigenvalue weighted by atomic mass is 35.5. The Morgan fingerprint density at radius 1 is 1.42 bits per heavy atom. The number of sulfonamides is 1. The summed E-state index contributed by atoms with van der Waals surface area (Å²) >= 11 is 0. The molecule has 2 aliphatic heterocycles. The molecule has 1 amide bonds. The van der Waals surface area contributed by atoms with Gasteiger partial charge in [0.1, 0.15) is 0 Å². The lowest BCUT2D eigenvalue weighted by Gasteiger charge is -2.29. The maximum absolute atomic E-state index is 12.8. The average molecular weight is 402 g/mol. The lowest BCUT2D eigenvalue weighted by molar-refractivity contribution is -0.119. The first-order valence-electron chi connectivity index (χ1n) is 9.00. The van der Waals surface area contributed by atoms with E-state index in [2.05, 4.69) is 17.0 Å². The molecular formula is C18H28ClN3O3S. The number of piperidine rings is 1. The van der Waals surface area contributed by atoms with Crippen molar-refractivity contribution in [1.29, 1.82) is 0 Å². The predicted octanol–water partition coefficient (Wildman–Crippen LogP) is 1.93.